The van der Waals surface area contributed by atoms with Crippen molar-refractivity contribution in [2.24, 2.45) is 0 Å². The Bertz CT molecular complexity index is 767. The molecule has 2 aromatic rings. The molecule has 5 nitrogen and oxygen atoms in total. The topological polar surface area (TPSA) is 75.3 Å². The number of phenolic OH excluding ortho intramolecular Hbond substituents is 1. The largest absolute Gasteiger partial charge is 0.507 e. The molecule has 2 heterocycles. The number of rotatable bonds is 3. The maximum atomic E-state index is 10.1. The Morgan fingerprint density at radius 2 is 2.00 bits per heavy atom. The van der Waals surface area contributed by atoms with Gasteiger partial charge in [0.15, 0.2) is 0 Å². The predicted molar refractivity (Wildman–Crippen MR) is 91.3 cm³/mol. The lowest BCUT2D eigenvalue weighted by Crippen LogP contribution is -2.30. The van der Waals surface area contributed by atoms with Gasteiger partial charge in [-0.1, -0.05) is 24.3 Å². The van der Waals surface area contributed by atoms with Crippen molar-refractivity contribution in [2.45, 2.75) is 25.2 Å². The van der Waals surface area contributed by atoms with E-state index in [0.29, 0.717) is 17.6 Å². The highest BCUT2D eigenvalue weighted by atomic mass is 16.3. The first-order valence-electron chi connectivity index (χ1n) is 8.07. The van der Waals surface area contributed by atoms with E-state index in [2.05, 4.69) is 27.0 Å². The maximum Gasteiger partial charge on any atom is 0.222 e. The van der Waals surface area contributed by atoms with Gasteiger partial charge >= 0.3 is 0 Å². The van der Waals surface area contributed by atoms with Crippen molar-refractivity contribution in [2.75, 3.05) is 23.7 Å². The van der Waals surface area contributed by atoms with Crippen LogP contribution >= 0.6 is 0 Å². The van der Waals surface area contributed by atoms with E-state index >= 15 is 0 Å². The average Bonchev–Trinajstić information content (AvgIpc) is 3.40. The van der Waals surface area contributed by atoms with Crippen molar-refractivity contribution >= 4 is 17.3 Å². The van der Waals surface area contributed by atoms with Crippen LogP contribution in [0, 0.1) is 0 Å². The smallest absolute Gasteiger partial charge is 0.222 e. The van der Waals surface area contributed by atoms with E-state index in [1.165, 1.54) is 12.8 Å². The number of para-hydroxylation sites is 1. The van der Waals surface area contributed by atoms with Crippen LogP contribution in [0.4, 0.5) is 11.8 Å². The van der Waals surface area contributed by atoms with E-state index in [9.17, 15) is 5.11 Å². The molecular formula is C18H20N4O. The van der Waals surface area contributed by atoms with Gasteiger partial charge in [-0.2, -0.15) is 4.98 Å². The molecule has 1 saturated carbocycles. The minimum atomic E-state index is 0.321. The summed E-state index contributed by atoms with van der Waals surface area (Å²) in [5, 5.41) is 10.1. The normalized spacial score (nSPS) is 17.9. The molecule has 23 heavy (non-hydrogen) atoms. The molecule has 1 fully saturated rings. The molecule has 0 radical (unpaired) electrons. The van der Waals surface area contributed by atoms with Crippen LogP contribution in [0.2, 0.25) is 0 Å². The van der Waals surface area contributed by atoms with Gasteiger partial charge in [0, 0.05) is 30.6 Å². The second-order valence-electron chi connectivity index (χ2n) is 6.24. The highest BCUT2D eigenvalue weighted by Crippen LogP contribution is 2.40. The minimum Gasteiger partial charge on any atom is -0.507 e. The lowest BCUT2D eigenvalue weighted by Gasteiger charge is -2.29. The van der Waals surface area contributed by atoms with Crippen molar-refractivity contribution in [1.29, 1.82) is 0 Å². The molecule has 0 saturated heterocycles. The van der Waals surface area contributed by atoms with Gasteiger partial charge < -0.3 is 15.7 Å². The number of aromatic nitrogens is 2. The highest BCUT2D eigenvalue weighted by molar-refractivity contribution is 5.74. The number of nitrogens with zero attached hydrogens (tertiary/aromatic N) is 3. The Hall–Kier alpha value is -2.56. The Morgan fingerprint density at radius 3 is 2.78 bits per heavy atom. The summed E-state index contributed by atoms with van der Waals surface area (Å²) >= 11 is 0. The first-order chi connectivity index (χ1) is 11.2. The summed E-state index contributed by atoms with van der Waals surface area (Å²) in [5.74, 6) is 2.11. The lowest BCUT2D eigenvalue weighted by molar-refractivity contribution is 0.473. The molecule has 1 aliphatic carbocycles. The second kappa shape index (κ2) is 5.57. The van der Waals surface area contributed by atoms with Crippen LogP contribution in [0.3, 0.4) is 0 Å². The third-order valence-corrected chi connectivity index (χ3v) is 4.47. The van der Waals surface area contributed by atoms with Crippen LogP contribution < -0.4 is 10.6 Å². The van der Waals surface area contributed by atoms with Gasteiger partial charge in [0.05, 0.1) is 5.69 Å². The molecule has 2 aliphatic rings. The molecule has 0 atom stereocenters. The minimum absolute atomic E-state index is 0.321. The van der Waals surface area contributed by atoms with Gasteiger partial charge in [-0.15, -0.1) is 0 Å². The molecule has 0 bridgehead atoms. The zero-order valence-corrected chi connectivity index (χ0v) is 12.9. The molecule has 0 spiro atoms. The summed E-state index contributed by atoms with van der Waals surface area (Å²) < 4.78 is 0. The van der Waals surface area contributed by atoms with Crippen molar-refractivity contribution in [3.05, 3.63) is 47.7 Å². The van der Waals surface area contributed by atoms with E-state index in [1.54, 1.807) is 6.07 Å². The molecule has 1 aromatic heterocycles. The van der Waals surface area contributed by atoms with Crippen molar-refractivity contribution in [1.82, 2.24) is 9.97 Å². The molecule has 118 valence electrons. The second-order valence-corrected chi connectivity index (χ2v) is 6.24. The Kier molecular flexibility index (Phi) is 3.41. The molecule has 0 unspecified atom stereocenters. The highest BCUT2D eigenvalue weighted by Gasteiger charge is 2.27. The van der Waals surface area contributed by atoms with Crippen LogP contribution in [0.5, 0.6) is 5.75 Å². The van der Waals surface area contributed by atoms with Crippen LogP contribution in [0.25, 0.3) is 5.57 Å². The standard InChI is InChI=1S/C18H20N4O/c19-18-20-15(12-7-8-12)10-17(21-18)22-9-3-4-13(11-22)14-5-1-2-6-16(14)23/h1-2,4-6,10,12,23H,3,7-9,11H2,(H2,19,20,21). The summed E-state index contributed by atoms with van der Waals surface area (Å²) in [6.07, 6.45) is 5.50. The number of nitrogen functional groups attached to an aromatic ring is 1. The first-order valence-corrected chi connectivity index (χ1v) is 8.07. The number of phenols is 1. The summed E-state index contributed by atoms with van der Waals surface area (Å²) in [6.45, 7) is 1.62. The van der Waals surface area contributed by atoms with Gasteiger partial charge in [-0.25, -0.2) is 4.98 Å². The number of nitrogens with two attached hydrogens (primary N) is 1. The van der Waals surface area contributed by atoms with Crippen LogP contribution in [0.1, 0.15) is 36.4 Å². The zero-order valence-electron chi connectivity index (χ0n) is 12.9. The van der Waals surface area contributed by atoms with Gasteiger partial charge in [0.25, 0.3) is 0 Å². The number of hydrogen-bond acceptors (Lipinski definition) is 5. The molecule has 5 heteroatoms. The monoisotopic (exact) mass is 308 g/mol. The van der Waals surface area contributed by atoms with E-state index in [0.717, 1.165) is 42.2 Å². The van der Waals surface area contributed by atoms with Crippen molar-refractivity contribution in [3.8, 4) is 5.75 Å². The quantitative estimate of drug-likeness (QED) is 0.912. The van der Waals surface area contributed by atoms with Crippen LogP contribution in [-0.2, 0) is 0 Å². The first kappa shape index (κ1) is 14.1. The Morgan fingerprint density at radius 1 is 1.17 bits per heavy atom. The molecule has 1 aromatic carbocycles. The number of hydrogen-bond donors (Lipinski definition) is 2. The number of benzene rings is 1. The number of aromatic hydroxyl groups is 1. The Balaban J connectivity index is 1.62. The molecule has 0 amide bonds. The SMILES string of the molecule is Nc1nc(C2CC2)cc(N2CCC=C(c3ccccc3O)C2)n1. The average molecular weight is 308 g/mol. The molecule has 4 rings (SSSR count). The van der Waals surface area contributed by atoms with Gasteiger partial charge in [-0.3, -0.25) is 0 Å². The molecule has 1 aliphatic heterocycles. The third-order valence-electron chi connectivity index (χ3n) is 4.47. The fourth-order valence-corrected chi connectivity index (χ4v) is 3.10. The molecule has 3 N–H and O–H groups in total. The summed E-state index contributed by atoms with van der Waals surface area (Å²) in [4.78, 5) is 11.0. The molecular weight excluding hydrogens is 288 g/mol. The van der Waals surface area contributed by atoms with Crippen LogP contribution in [0.15, 0.2) is 36.4 Å². The maximum absolute atomic E-state index is 10.1. The zero-order chi connectivity index (χ0) is 15.8. The summed E-state index contributed by atoms with van der Waals surface area (Å²) in [7, 11) is 0. The summed E-state index contributed by atoms with van der Waals surface area (Å²) in [5.41, 5.74) is 8.97. The van der Waals surface area contributed by atoms with Gasteiger partial charge in [0.2, 0.25) is 5.95 Å². The Labute approximate surface area is 135 Å². The van der Waals surface area contributed by atoms with Crippen molar-refractivity contribution < 1.29 is 5.11 Å². The van der Waals surface area contributed by atoms with Gasteiger partial charge in [0.1, 0.15) is 11.6 Å². The van der Waals surface area contributed by atoms with E-state index in [4.69, 9.17) is 5.73 Å². The van der Waals surface area contributed by atoms with Crippen LogP contribution in [-0.4, -0.2) is 28.2 Å². The fraction of sp³-hybridized carbons (Fsp3) is 0.333. The van der Waals surface area contributed by atoms with E-state index in [-0.39, 0.29) is 0 Å². The van der Waals surface area contributed by atoms with Crippen molar-refractivity contribution in [3.63, 3.8) is 0 Å². The predicted octanol–water partition coefficient (Wildman–Crippen LogP) is 2.94. The van der Waals surface area contributed by atoms with E-state index in [1.807, 2.05) is 18.2 Å². The fourth-order valence-electron chi connectivity index (χ4n) is 3.10. The van der Waals surface area contributed by atoms with E-state index < -0.39 is 0 Å². The summed E-state index contributed by atoms with van der Waals surface area (Å²) in [6, 6.07) is 9.54. The lowest BCUT2D eigenvalue weighted by atomic mass is 10.00. The van der Waals surface area contributed by atoms with Gasteiger partial charge in [-0.05, 0) is 30.9 Å². The third kappa shape index (κ3) is 2.86. The number of anilines is 2.